The van der Waals surface area contributed by atoms with Crippen LogP contribution in [0, 0.1) is 0 Å². The number of carbonyl (C=O) groups is 1. The number of nitrogens with two attached hydrogens (primary N) is 1. The van der Waals surface area contributed by atoms with Gasteiger partial charge in [0.15, 0.2) is 0 Å². The van der Waals surface area contributed by atoms with E-state index >= 15 is 0 Å². The maximum absolute atomic E-state index is 12.0. The Kier molecular flexibility index (Phi) is 7.98. The molecule has 1 rings (SSSR count). The molecule has 0 saturated carbocycles. The number of thiocarbonyl (C=S) groups is 1. The Morgan fingerprint density at radius 2 is 2.05 bits per heavy atom. The van der Waals surface area contributed by atoms with Gasteiger partial charge in [-0.2, -0.15) is 0 Å². The molecule has 116 valence electrons. The molecule has 1 heterocycles. The average molecular weight is 302 g/mol. The molecule has 1 saturated heterocycles. The van der Waals surface area contributed by atoms with Gasteiger partial charge < -0.3 is 15.8 Å². The first-order chi connectivity index (χ1) is 9.54. The van der Waals surface area contributed by atoms with Crippen LogP contribution in [-0.4, -0.2) is 79.7 Å². The summed E-state index contributed by atoms with van der Waals surface area (Å²) in [5.74, 6) is 0.0869. The predicted molar refractivity (Wildman–Crippen MR) is 83.8 cm³/mol. The quantitative estimate of drug-likeness (QED) is 0.462. The predicted octanol–water partition coefficient (Wildman–Crippen LogP) is -0.569. The molecule has 6 nitrogen and oxygen atoms in total. The summed E-state index contributed by atoms with van der Waals surface area (Å²) in [6.07, 6.45) is 0.844. The zero-order valence-electron chi connectivity index (χ0n) is 12.4. The van der Waals surface area contributed by atoms with Gasteiger partial charge in [0.1, 0.15) is 0 Å². The van der Waals surface area contributed by atoms with Gasteiger partial charge in [0.05, 0.1) is 11.0 Å². The first kappa shape index (κ1) is 17.3. The number of amides is 1. The van der Waals surface area contributed by atoms with Crippen LogP contribution in [0.15, 0.2) is 0 Å². The molecule has 20 heavy (non-hydrogen) atoms. The zero-order valence-corrected chi connectivity index (χ0v) is 13.2. The van der Waals surface area contributed by atoms with Gasteiger partial charge in [-0.05, 0) is 13.3 Å². The molecule has 3 N–H and O–H groups in total. The Morgan fingerprint density at radius 3 is 2.60 bits per heavy atom. The molecule has 7 heteroatoms. The maximum Gasteiger partial charge on any atom is 0.237 e. The van der Waals surface area contributed by atoms with Gasteiger partial charge in [0.2, 0.25) is 5.91 Å². The van der Waals surface area contributed by atoms with E-state index in [2.05, 4.69) is 15.1 Å². The van der Waals surface area contributed by atoms with Crippen LogP contribution in [0.3, 0.4) is 0 Å². The molecular weight excluding hydrogens is 276 g/mol. The Labute approximate surface area is 126 Å². The monoisotopic (exact) mass is 302 g/mol. The number of piperazine rings is 1. The van der Waals surface area contributed by atoms with Crippen molar-refractivity contribution in [2.75, 3.05) is 53.0 Å². The second-order valence-corrected chi connectivity index (χ2v) is 5.62. The highest BCUT2D eigenvalue weighted by Crippen LogP contribution is 2.06. The average Bonchev–Trinajstić information content (AvgIpc) is 2.43. The minimum absolute atomic E-state index is 0.0869. The third-order valence-corrected chi connectivity index (χ3v) is 3.67. The van der Waals surface area contributed by atoms with Gasteiger partial charge in [-0.25, -0.2) is 0 Å². The summed E-state index contributed by atoms with van der Waals surface area (Å²) in [7, 11) is 1.66. The lowest BCUT2D eigenvalue weighted by Gasteiger charge is -2.37. The summed E-state index contributed by atoms with van der Waals surface area (Å²) >= 11 is 4.92. The Hall–Kier alpha value is -0.760. The number of rotatable bonds is 8. The van der Waals surface area contributed by atoms with Crippen molar-refractivity contribution in [1.29, 1.82) is 0 Å². The van der Waals surface area contributed by atoms with Gasteiger partial charge in [0, 0.05) is 53.0 Å². The molecule has 0 aromatic carbocycles. The second-order valence-electron chi connectivity index (χ2n) is 5.09. The van der Waals surface area contributed by atoms with E-state index in [-0.39, 0.29) is 11.9 Å². The Balaban J connectivity index is 2.25. The first-order valence-electron chi connectivity index (χ1n) is 7.06. The second kappa shape index (κ2) is 9.23. The number of methoxy groups -OCH3 is 1. The Bertz CT molecular complexity index is 319. The highest BCUT2D eigenvalue weighted by Gasteiger charge is 2.25. The van der Waals surface area contributed by atoms with Crippen LogP contribution in [-0.2, 0) is 9.53 Å². The third-order valence-electron chi connectivity index (χ3n) is 3.54. The molecule has 0 aromatic rings. The van der Waals surface area contributed by atoms with Gasteiger partial charge in [-0.15, -0.1) is 0 Å². The van der Waals surface area contributed by atoms with Gasteiger partial charge in [0.25, 0.3) is 0 Å². The SMILES string of the molecule is COCCCNC(=O)C(C)N1CCN(CC(N)=S)CC1. The lowest BCUT2D eigenvalue weighted by Crippen LogP contribution is -2.54. The molecule has 0 spiro atoms. The molecule has 1 unspecified atom stereocenters. The molecule has 0 bridgehead atoms. The normalized spacial score (nSPS) is 18.7. The van der Waals surface area contributed by atoms with Crippen molar-refractivity contribution in [2.24, 2.45) is 5.73 Å². The van der Waals surface area contributed by atoms with Crippen LogP contribution in [0.5, 0.6) is 0 Å². The maximum atomic E-state index is 12.0. The third kappa shape index (κ3) is 6.13. The number of ether oxygens (including phenoxy) is 1. The lowest BCUT2D eigenvalue weighted by molar-refractivity contribution is -0.126. The highest BCUT2D eigenvalue weighted by molar-refractivity contribution is 7.80. The molecule has 1 atom stereocenters. The van der Waals surface area contributed by atoms with Crippen molar-refractivity contribution >= 4 is 23.1 Å². The van der Waals surface area contributed by atoms with Crippen LogP contribution >= 0.6 is 12.2 Å². The van der Waals surface area contributed by atoms with E-state index in [0.717, 1.165) is 32.6 Å². The molecule has 1 fully saturated rings. The van der Waals surface area contributed by atoms with E-state index < -0.39 is 0 Å². The first-order valence-corrected chi connectivity index (χ1v) is 7.46. The van der Waals surface area contributed by atoms with Gasteiger partial charge in [-0.3, -0.25) is 14.6 Å². The van der Waals surface area contributed by atoms with Crippen LogP contribution in [0.1, 0.15) is 13.3 Å². The van der Waals surface area contributed by atoms with E-state index in [9.17, 15) is 4.79 Å². The number of carbonyl (C=O) groups excluding carboxylic acids is 1. The van der Waals surface area contributed by atoms with Crippen molar-refractivity contribution in [3.8, 4) is 0 Å². The van der Waals surface area contributed by atoms with Gasteiger partial charge >= 0.3 is 0 Å². The molecule has 1 aliphatic heterocycles. The summed E-state index contributed by atoms with van der Waals surface area (Å²) < 4.78 is 4.96. The molecular formula is C13H26N4O2S. The van der Waals surface area contributed by atoms with E-state index in [1.807, 2.05) is 6.92 Å². The smallest absolute Gasteiger partial charge is 0.237 e. The minimum Gasteiger partial charge on any atom is -0.392 e. The summed E-state index contributed by atoms with van der Waals surface area (Å²) in [5, 5.41) is 2.94. The zero-order chi connectivity index (χ0) is 15.0. The fourth-order valence-corrected chi connectivity index (χ4v) is 2.45. The van der Waals surface area contributed by atoms with E-state index in [4.69, 9.17) is 22.7 Å². The topological polar surface area (TPSA) is 70.8 Å². The summed E-state index contributed by atoms with van der Waals surface area (Å²) in [6.45, 7) is 7.50. The summed E-state index contributed by atoms with van der Waals surface area (Å²) in [5.41, 5.74) is 5.55. The van der Waals surface area contributed by atoms with Crippen molar-refractivity contribution in [3.63, 3.8) is 0 Å². The van der Waals surface area contributed by atoms with Gasteiger partial charge in [-0.1, -0.05) is 12.2 Å². The fraction of sp³-hybridized carbons (Fsp3) is 0.846. The van der Waals surface area contributed by atoms with Crippen molar-refractivity contribution in [2.45, 2.75) is 19.4 Å². The highest BCUT2D eigenvalue weighted by atomic mass is 32.1. The Morgan fingerprint density at radius 1 is 1.40 bits per heavy atom. The molecule has 1 aliphatic rings. The van der Waals surface area contributed by atoms with E-state index in [1.54, 1.807) is 7.11 Å². The van der Waals surface area contributed by atoms with Crippen molar-refractivity contribution < 1.29 is 9.53 Å². The largest absolute Gasteiger partial charge is 0.392 e. The van der Waals surface area contributed by atoms with Crippen molar-refractivity contribution in [1.82, 2.24) is 15.1 Å². The standard InChI is InChI=1S/C13H26N4O2S/c1-11(13(18)15-4-3-9-19-2)17-7-5-16(6-8-17)10-12(14)20/h11H,3-10H2,1-2H3,(H2,14,20)(H,15,18). The number of nitrogens with one attached hydrogen (secondary N) is 1. The van der Waals surface area contributed by atoms with Crippen LogP contribution in [0.25, 0.3) is 0 Å². The summed E-state index contributed by atoms with van der Waals surface area (Å²) in [4.78, 5) is 17.0. The van der Waals surface area contributed by atoms with E-state index in [0.29, 0.717) is 24.7 Å². The molecule has 0 aromatic heterocycles. The molecule has 0 radical (unpaired) electrons. The number of hydrogen-bond donors (Lipinski definition) is 2. The van der Waals surface area contributed by atoms with Crippen LogP contribution in [0.2, 0.25) is 0 Å². The minimum atomic E-state index is -0.0930. The molecule has 1 amide bonds. The molecule has 0 aliphatic carbocycles. The fourth-order valence-electron chi connectivity index (χ4n) is 2.27. The lowest BCUT2D eigenvalue weighted by atomic mass is 10.2. The van der Waals surface area contributed by atoms with Crippen molar-refractivity contribution in [3.05, 3.63) is 0 Å². The van der Waals surface area contributed by atoms with Crippen LogP contribution < -0.4 is 11.1 Å². The van der Waals surface area contributed by atoms with Crippen LogP contribution in [0.4, 0.5) is 0 Å². The number of hydrogen-bond acceptors (Lipinski definition) is 5. The van der Waals surface area contributed by atoms with E-state index in [1.165, 1.54) is 0 Å². The summed E-state index contributed by atoms with van der Waals surface area (Å²) in [6, 6.07) is -0.0930. The number of nitrogens with zero attached hydrogens (tertiary/aromatic N) is 2.